The molecule has 1 aliphatic rings. The monoisotopic (exact) mass is 358 g/mol. The molecule has 1 amide bonds. The summed E-state index contributed by atoms with van der Waals surface area (Å²) in [7, 11) is 5.73. The molecule has 1 aromatic heterocycles. The van der Waals surface area contributed by atoms with E-state index in [9.17, 15) is 4.79 Å². The van der Waals surface area contributed by atoms with Crippen LogP contribution in [0.25, 0.3) is 0 Å². The van der Waals surface area contributed by atoms with E-state index >= 15 is 0 Å². The topological polar surface area (TPSA) is 41.6 Å². The van der Waals surface area contributed by atoms with Crippen LogP contribution in [0.5, 0.6) is 5.75 Å². The molecule has 0 fully saturated rings. The smallest absolute Gasteiger partial charge is 0.261 e. The Balaban J connectivity index is 1.66. The quantitative estimate of drug-likeness (QED) is 0.857. The first-order valence-corrected chi connectivity index (χ1v) is 9.60. The zero-order valence-corrected chi connectivity index (χ0v) is 16.0. The lowest BCUT2D eigenvalue weighted by Gasteiger charge is -2.25. The number of ether oxygens (including phenoxy) is 1. The number of aryl methyl sites for hydroxylation is 2. The van der Waals surface area contributed by atoms with Crippen LogP contribution in [0.3, 0.4) is 0 Å². The Bertz CT molecular complexity index is 698. The molecule has 2 aromatic rings. The summed E-state index contributed by atoms with van der Waals surface area (Å²) < 4.78 is 5.22. The van der Waals surface area contributed by atoms with Crippen molar-refractivity contribution in [1.29, 1.82) is 0 Å². The molecule has 1 aliphatic carbocycles. The van der Waals surface area contributed by atoms with Crippen LogP contribution in [-0.2, 0) is 12.8 Å². The number of fused-ring (bicyclic) bond motifs is 1. The van der Waals surface area contributed by atoms with Crippen LogP contribution in [0.1, 0.15) is 44.6 Å². The highest BCUT2D eigenvalue weighted by Crippen LogP contribution is 2.29. The van der Waals surface area contributed by atoms with Crippen molar-refractivity contribution in [3.63, 3.8) is 0 Å². The summed E-state index contributed by atoms with van der Waals surface area (Å²) in [5, 5.41) is 3.12. The van der Waals surface area contributed by atoms with Crippen molar-refractivity contribution >= 4 is 17.2 Å². The molecule has 0 radical (unpaired) electrons. The fraction of sp³-hybridized carbons (Fsp3) is 0.450. The molecule has 0 bridgehead atoms. The summed E-state index contributed by atoms with van der Waals surface area (Å²) in [6.07, 6.45) is 4.73. The number of nitrogens with zero attached hydrogens (tertiary/aromatic N) is 1. The number of hydrogen-bond acceptors (Lipinski definition) is 4. The molecule has 0 saturated carbocycles. The molecule has 0 aliphatic heterocycles. The number of rotatable bonds is 6. The first kappa shape index (κ1) is 18.0. The van der Waals surface area contributed by atoms with Gasteiger partial charge in [-0.15, -0.1) is 11.3 Å². The van der Waals surface area contributed by atoms with Gasteiger partial charge < -0.3 is 15.0 Å². The van der Waals surface area contributed by atoms with E-state index in [2.05, 4.69) is 28.4 Å². The molecule has 134 valence electrons. The first-order chi connectivity index (χ1) is 12.1. The summed E-state index contributed by atoms with van der Waals surface area (Å²) in [5.74, 6) is 0.884. The van der Waals surface area contributed by atoms with Crippen LogP contribution < -0.4 is 10.1 Å². The second kappa shape index (κ2) is 8.02. The minimum absolute atomic E-state index is 0.0414. The highest BCUT2D eigenvalue weighted by molar-refractivity contribution is 7.14. The fourth-order valence-electron chi connectivity index (χ4n) is 3.30. The molecule has 1 N–H and O–H groups in total. The van der Waals surface area contributed by atoms with Gasteiger partial charge in [-0.05, 0) is 69.1 Å². The zero-order valence-electron chi connectivity index (χ0n) is 15.2. The average molecular weight is 359 g/mol. The van der Waals surface area contributed by atoms with Crippen molar-refractivity contribution < 1.29 is 9.53 Å². The summed E-state index contributed by atoms with van der Waals surface area (Å²) in [5.41, 5.74) is 2.54. The van der Waals surface area contributed by atoms with Crippen LogP contribution in [0.2, 0.25) is 0 Å². The minimum Gasteiger partial charge on any atom is -0.497 e. The lowest BCUT2D eigenvalue weighted by Crippen LogP contribution is -2.34. The Labute approximate surface area is 153 Å². The molecule has 0 saturated heterocycles. The molecular formula is C20H26N2O2S. The number of benzene rings is 1. The van der Waals surface area contributed by atoms with Gasteiger partial charge in [-0.3, -0.25) is 4.79 Å². The zero-order chi connectivity index (χ0) is 17.8. The van der Waals surface area contributed by atoms with Gasteiger partial charge in [-0.1, -0.05) is 12.1 Å². The van der Waals surface area contributed by atoms with E-state index in [4.69, 9.17) is 4.74 Å². The van der Waals surface area contributed by atoms with E-state index in [1.54, 1.807) is 18.4 Å². The highest BCUT2D eigenvalue weighted by Gasteiger charge is 2.19. The van der Waals surface area contributed by atoms with Gasteiger partial charge in [-0.2, -0.15) is 0 Å². The van der Waals surface area contributed by atoms with Gasteiger partial charge in [0.2, 0.25) is 0 Å². The van der Waals surface area contributed by atoms with Crippen molar-refractivity contribution in [2.45, 2.75) is 31.7 Å². The lowest BCUT2D eigenvalue weighted by molar-refractivity contribution is 0.0946. The van der Waals surface area contributed by atoms with Crippen molar-refractivity contribution in [3.05, 3.63) is 51.2 Å². The third-order valence-electron chi connectivity index (χ3n) is 4.80. The van der Waals surface area contributed by atoms with E-state index in [0.29, 0.717) is 6.54 Å². The second-order valence-electron chi connectivity index (χ2n) is 6.73. The van der Waals surface area contributed by atoms with Crippen molar-refractivity contribution in [2.24, 2.45) is 0 Å². The lowest BCUT2D eigenvalue weighted by atomic mass is 9.99. The van der Waals surface area contributed by atoms with E-state index < -0.39 is 0 Å². The molecule has 0 spiro atoms. The number of carbonyl (C=O) groups excluding carboxylic acids is 1. The van der Waals surface area contributed by atoms with Crippen LogP contribution >= 0.6 is 11.3 Å². The summed E-state index contributed by atoms with van der Waals surface area (Å²) >= 11 is 1.66. The minimum atomic E-state index is 0.0414. The van der Waals surface area contributed by atoms with Gasteiger partial charge in [0, 0.05) is 11.4 Å². The predicted molar refractivity (Wildman–Crippen MR) is 103 cm³/mol. The number of likely N-dealkylation sites (N-methyl/N-ethyl adjacent to an activating group) is 1. The van der Waals surface area contributed by atoms with Crippen LogP contribution in [0.4, 0.5) is 0 Å². The fourth-order valence-corrected chi connectivity index (χ4v) is 4.47. The Hall–Kier alpha value is -1.85. The average Bonchev–Trinajstić information content (AvgIpc) is 3.06. The van der Waals surface area contributed by atoms with Gasteiger partial charge in [0.1, 0.15) is 5.75 Å². The summed E-state index contributed by atoms with van der Waals surface area (Å²) in [4.78, 5) is 17.0. The summed E-state index contributed by atoms with van der Waals surface area (Å²) in [6, 6.07) is 10.2. The number of carbonyl (C=O) groups is 1. The summed E-state index contributed by atoms with van der Waals surface area (Å²) in [6.45, 7) is 0.584. The Morgan fingerprint density at radius 1 is 1.24 bits per heavy atom. The van der Waals surface area contributed by atoms with E-state index in [1.807, 2.05) is 26.2 Å². The van der Waals surface area contributed by atoms with E-state index in [-0.39, 0.29) is 11.9 Å². The Morgan fingerprint density at radius 3 is 2.60 bits per heavy atom. The molecule has 1 heterocycles. The predicted octanol–water partition coefficient (Wildman–Crippen LogP) is 3.67. The van der Waals surface area contributed by atoms with Crippen LogP contribution in [-0.4, -0.2) is 38.6 Å². The van der Waals surface area contributed by atoms with Gasteiger partial charge >= 0.3 is 0 Å². The van der Waals surface area contributed by atoms with Crippen LogP contribution in [0.15, 0.2) is 30.3 Å². The molecule has 1 aromatic carbocycles. The molecule has 25 heavy (non-hydrogen) atoms. The van der Waals surface area contributed by atoms with E-state index in [1.165, 1.54) is 23.3 Å². The molecule has 3 rings (SSSR count). The number of nitrogens with one attached hydrogen (secondary N) is 1. The highest BCUT2D eigenvalue weighted by atomic mass is 32.1. The standard InChI is InChI=1S/C20H26N2O2S/c1-22(2)17(14-8-10-16(24-3)11-9-14)13-21-20(23)19-12-15-6-4-5-7-18(15)25-19/h8-12,17H,4-7,13H2,1-3H3,(H,21,23). The molecular weight excluding hydrogens is 332 g/mol. The molecule has 1 atom stereocenters. The van der Waals surface area contributed by atoms with Gasteiger partial charge in [-0.25, -0.2) is 0 Å². The maximum atomic E-state index is 12.6. The largest absolute Gasteiger partial charge is 0.497 e. The normalized spacial score (nSPS) is 14.9. The van der Waals surface area contributed by atoms with Gasteiger partial charge in [0.15, 0.2) is 0 Å². The Morgan fingerprint density at radius 2 is 1.96 bits per heavy atom. The van der Waals surface area contributed by atoms with Gasteiger partial charge in [0.25, 0.3) is 5.91 Å². The maximum absolute atomic E-state index is 12.6. The molecule has 1 unspecified atom stereocenters. The molecule has 5 heteroatoms. The number of thiophene rings is 1. The number of amides is 1. The third kappa shape index (κ3) is 4.22. The van der Waals surface area contributed by atoms with Crippen LogP contribution in [0, 0.1) is 0 Å². The van der Waals surface area contributed by atoms with Crippen molar-refractivity contribution in [3.8, 4) is 5.75 Å². The SMILES string of the molecule is COc1ccc(C(CNC(=O)c2cc3c(s2)CCCC3)N(C)C)cc1. The molecule has 4 nitrogen and oxygen atoms in total. The second-order valence-corrected chi connectivity index (χ2v) is 7.87. The Kier molecular flexibility index (Phi) is 5.76. The maximum Gasteiger partial charge on any atom is 0.261 e. The van der Waals surface area contributed by atoms with E-state index in [0.717, 1.165) is 29.0 Å². The van der Waals surface area contributed by atoms with Gasteiger partial charge in [0.05, 0.1) is 18.0 Å². The number of hydrogen-bond donors (Lipinski definition) is 1. The van der Waals surface area contributed by atoms with Crippen molar-refractivity contribution in [1.82, 2.24) is 10.2 Å². The first-order valence-electron chi connectivity index (χ1n) is 8.78. The number of methoxy groups -OCH3 is 1. The third-order valence-corrected chi connectivity index (χ3v) is 6.04. The van der Waals surface area contributed by atoms with Crippen molar-refractivity contribution in [2.75, 3.05) is 27.7 Å².